The standard InChI is InChI=1S/C42H58N6O10/c1-45(29-37(49)53-3)25-31-23-33(41(51)39-35(31)7-5-9-43-39)27-47-11-15-55-19-21-57-17-13-48(14-18-58-22-20-56-16-12-47)28-34-24-32(26-46(2)30-38(50)54-4)36-8-6-10-44-40(36)42(34)52/h5-10,23-24,51-52H,11-22,25-30H2,1-4H3. The molecule has 1 saturated heterocycles. The normalized spacial score (nSPS) is 16.4. The summed E-state index contributed by atoms with van der Waals surface area (Å²) in [7, 11) is 6.44. The highest BCUT2D eigenvalue weighted by Gasteiger charge is 2.20. The van der Waals surface area contributed by atoms with Crippen LogP contribution in [0, 0.1) is 0 Å². The molecule has 1 aliphatic rings. The lowest BCUT2D eigenvalue weighted by molar-refractivity contribution is -0.142. The largest absolute Gasteiger partial charge is 0.505 e. The average molecular weight is 807 g/mol. The van der Waals surface area contributed by atoms with Crippen molar-refractivity contribution in [3.63, 3.8) is 0 Å². The predicted octanol–water partition coefficient (Wildman–Crippen LogP) is 2.79. The third kappa shape index (κ3) is 13.3. The number of carbonyl (C=O) groups is 2. The van der Waals surface area contributed by atoms with Gasteiger partial charge in [-0.2, -0.15) is 0 Å². The van der Waals surface area contributed by atoms with Gasteiger partial charge < -0.3 is 38.6 Å². The summed E-state index contributed by atoms with van der Waals surface area (Å²) in [5.41, 5.74) is 4.36. The zero-order chi connectivity index (χ0) is 41.3. The number of ether oxygens (including phenoxy) is 6. The Morgan fingerprint density at radius 3 is 1.33 bits per heavy atom. The van der Waals surface area contributed by atoms with Crippen LogP contribution in [0.25, 0.3) is 21.8 Å². The number of nitrogens with zero attached hydrogens (tertiary/aromatic N) is 6. The first kappa shape index (κ1) is 44.6. The maximum absolute atomic E-state index is 11.9. The molecule has 316 valence electrons. The smallest absolute Gasteiger partial charge is 0.319 e. The van der Waals surface area contributed by atoms with Crippen LogP contribution in [0.5, 0.6) is 11.5 Å². The molecule has 0 bridgehead atoms. The fraction of sp³-hybridized carbons (Fsp3) is 0.524. The van der Waals surface area contributed by atoms with Gasteiger partial charge in [0, 0.05) is 86.7 Å². The first-order chi connectivity index (χ1) is 28.2. The van der Waals surface area contributed by atoms with Gasteiger partial charge in [-0.05, 0) is 49.5 Å². The van der Waals surface area contributed by atoms with E-state index in [1.54, 1.807) is 12.4 Å². The van der Waals surface area contributed by atoms with E-state index in [-0.39, 0.29) is 36.5 Å². The fourth-order valence-corrected chi connectivity index (χ4v) is 6.93. The number of pyridine rings is 2. The van der Waals surface area contributed by atoms with Crippen molar-refractivity contribution < 1.29 is 48.2 Å². The van der Waals surface area contributed by atoms with Crippen molar-refractivity contribution in [2.45, 2.75) is 26.2 Å². The van der Waals surface area contributed by atoms with Crippen LogP contribution in [-0.2, 0) is 64.2 Å². The van der Waals surface area contributed by atoms with Crippen LogP contribution in [0.4, 0.5) is 0 Å². The lowest BCUT2D eigenvalue weighted by Crippen LogP contribution is -2.33. The number of aromatic nitrogens is 2. The van der Waals surface area contributed by atoms with Crippen molar-refractivity contribution >= 4 is 33.7 Å². The molecule has 0 unspecified atom stereocenters. The number of phenols is 2. The van der Waals surface area contributed by atoms with E-state index < -0.39 is 0 Å². The van der Waals surface area contributed by atoms with E-state index in [9.17, 15) is 19.8 Å². The summed E-state index contributed by atoms with van der Waals surface area (Å²) < 4.78 is 33.6. The van der Waals surface area contributed by atoms with Gasteiger partial charge in [-0.15, -0.1) is 0 Å². The highest BCUT2D eigenvalue weighted by Crippen LogP contribution is 2.33. The molecular formula is C42H58N6O10. The van der Waals surface area contributed by atoms with Crippen molar-refractivity contribution in [2.24, 2.45) is 0 Å². The second-order valence-electron chi connectivity index (χ2n) is 14.4. The van der Waals surface area contributed by atoms with Crippen LogP contribution in [0.3, 0.4) is 0 Å². The third-order valence-electron chi connectivity index (χ3n) is 9.93. The molecule has 5 rings (SSSR count). The summed E-state index contributed by atoms with van der Waals surface area (Å²) in [6, 6.07) is 11.5. The maximum Gasteiger partial charge on any atom is 0.319 e. The molecule has 2 aromatic heterocycles. The molecule has 16 heteroatoms. The van der Waals surface area contributed by atoms with E-state index >= 15 is 0 Å². The summed E-state index contributed by atoms with van der Waals surface area (Å²) in [5, 5.41) is 24.3. The number of rotatable bonds is 12. The van der Waals surface area contributed by atoms with Gasteiger partial charge in [-0.3, -0.25) is 39.2 Å². The molecule has 16 nitrogen and oxygen atoms in total. The summed E-state index contributed by atoms with van der Waals surface area (Å²) >= 11 is 0. The Morgan fingerprint density at radius 1 is 0.621 bits per heavy atom. The topological polar surface area (TPSA) is 169 Å². The molecule has 1 fully saturated rings. The Kier molecular flexibility index (Phi) is 17.8. The molecule has 0 radical (unpaired) electrons. The van der Waals surface area contributed by atoms with Crippen molar-refractivity contribution in [3.8, 4) is 11.5 Å². The molecule has 0 amide bonds. The first-order valence-electron chi connectivity index (χ1n) is 19.6. The van der Waals surface area contributed by atoms with Gasteiger partial charge in [-0.1, -0.05) is 12.1 Å². The van der Waals surface area contributed by atoms with Gasteiger partial charge in [0.15, 0.2) is 0 Å². The van der Waals surface area contributed by atoms with Gasteiger partial charge in [0.05, 0.1) is 80.2 Å². The predicted molar refractivity (Wildman–Crippen MR) is 217 cm³/mol. The number of benzene rings is 2. The van der Waals surface area contributed by atoms with Gasteiger partial charge in [0.2, 0.25) is 0 Å². The van der Waals surface area contributed by atoms with Crippen molar-refractivity contribution in [1.29, 1.82) is 0 Å². The second kappa shape index (κ2) is 23.2. The molecule has 0 aliphatic carbocycles. The molecule has 1 aliphatic heterocycles. The minimum atomic E-state index is -0.324. The summed E-state index contributed by atoms with van der Waals surface area (Å²) in [6.07, 6.45) is 3.32. The van der Waals surface area contributed by atoms with E-state index in [1.165, 1.54) is 14.2 Å². The van der Waals surface area contributed by atoms with Crippen LogP contribution < -0.4 is 0 Å². The maximum atomic E-state index is 11.9. The second-order valence-corrected chi connectivity index (χ2v) is 14.4. The number of hydrogen-bond donors (Lipinski definition) is 2. The number of likely N-dealkylation sites (N-methyl/N-ethyl adjacent to an activating group) is 2. The zero-order valence-corrected chi connectivity index (χ0v) is 34.2. The lowest BCUT2D eigenvalue weighted by atomic mass is 10.0. The first-order valence-corrected chi connectivity index (χ1v) is 19.6. The highest BCUT2D eigenvalue weighted by molar-refractivity contribution is 5.89. The van der Waals surface area contributed by atoms with Crippen molar-refractivity contribution in [1.82, 2.24) is 29.6 Å². The van der Waals surface area contributed by atoms with Crippen LogP contribution in [-0.4, -0.2) is 172 Å². The third-order valence-corrected chi connectivity index (χ3v) is 9.93. The summed E-state index contributed by atoms with van der Waals surface area (Å²) in [4.78, 5) is 40.9. The van der Waals surface area contributed by atoms with Gasteiger partial charge in [-0.25, -0.2) is 0 Å². The number of methoxy groups -OCH3 is 2. The number of esters is 2. The number of fused-ring (bicyclic) bond motifs is 2. The van der Waals surface area contributed by atoms with Crippen LogP contribution in [0.1, 0.15) is 22.3 Å². The average Bonchev–Trinajstić information content (AvgIpc) is 3.22. The van der Waals surface area contributed by atoms with Gasteiger partial charge in [0.1, 0.15) is 22.5 Å². The zero-order valence-electron chi connectivity index (χ0n) is 34.2. The molecule has 0 atom stereocenters. The Labute approximate surface area is 340 Å². The minimum Gasteiger partial charge on any atom is -0.505 e. The Bertz CT molecular complexity index is 1780. The minimum absolute atomic E-state index is 0.128. The molecule has 2 aromatic carbocycles. The number of carbonyl (C=O) groups excluding carboxylic acids is 2. The molecular weight excluding hydrogens is 748 g/mol. The van der Waals surface area contributed by atoms with Crippen LogP contribution in [0.15, 0.2) is 48.8 Å². The monoisotopic (exact) mass is 806 g/mol. The number of phenolic OH excluding ortho intramolecular Hbond substituents is 2. The quantitative estimate of drug-likeness (QED) is 0.200. The molecule has 2 N–H and O–H groups in total. The Balaban J connectivity index is 1.19. The van der Waals surface area contributed by atoms with Crippen molar-refractivity contribution in [2.75, 3.05) is 120 Å². The Morgan fingerprint density at radius 2 is 0.983 bits per heavy atom. The van der Waals surface area contributed by atoms with E-state index in [2.05, 4.69) is 19.8 Å². The van der Waals surface area contributed by atoms with E-state index in [4.69, 9.17) is 28.4 Å². The van der Waals surface area contributed by atoms with E-state index in [0.29, 0.717) is 116 Å². The SMILES string of the molecule is COC(=O)CN(C)Cc1cc(CN2CCOCCOCCN(Cc3cc(CN(C)CC(=O)OC)c4cccnc4c3O)CCOCCOCC2)c(O)c2ncccc12. The van der Waals surface area contributed by atoms with Gasteiger partial charge in [0.25, 0.3) is 0 Å². The van der Waals surface area contributed by atoms with Crippen LogP contribution >= 0.6 is 0 Å². The molecule has 58 heavy (non-hydrogen) atoms. The van der Waals surface area contributed by atoms with Crippen molar-refractivity contribution in [3.05, 3.63) is 71.0 Å². The Hall–Kier alpha value is -4.52. The molecule has 4 aromatic rings. The molecule has 0 spiro atoms. The summed E-state index contributed by atoms with van der Waals surface area (Å²) in [5.74, 6) is -0.392. The van der Waals surface area contributed by atoms with Crippen LogP contribution in [0.2, 0.25) is 0 Å². The van der Waals surface area contributed by atoms with Gasteiger partial charge >= 0.3 is 11.9 Å². The number of hydrogen-bond acceptors (Lipinski definition) is 16. The number of aromatic hydroxyl groups is 2. The van der Waals surface area contributed by atoms with E-state index in [0.717, 1.165) is 33.0 Å². The summed E-state index contributed by atoms with van der Waals surface area (Å²) in [6.45, 7) is 7.91. The van der Waals surface area contributed by atoms with E-state index in [1.807, 2.05) is 60.3 Å². The fourth-order valence-electron chi connectivity index (χ4n) is 6.93. The highest BCUT2D eigenvalue weighted by atomic mass is 16.5. The lowest BCUT2D eigenvalue weighted by Gasteiger charge is -2.25. The molecule has 3 heterocycles. The molecule has 0 saturated carbocycles.